The molecule has 0 fully saturated rings. The van der Waals surface area contributed by atoms with Gasteiger partial charge >= 0.3 is 0 Å². The molecule has 5 rings (SSSR count). The molecule has 0 aliphatic heterocycles. The van der Waals surface area contributed by atoms with Gasteiger partial charge in [-0.2, -0.15) is 5.10 Å². The van der Waals surface area contributed by atoms with Gasteiger partial charge in [0.25, 0.3) is 11.5 Å². The summed E-state index contributed by atoms with van der Waals surface area (Å²) in [5.74, 6) is 0.258. The van der Waals surface area contributed by atoms with Crippen LogP contribution in [-0.2, 0) is 13.1 Å². The zero-order chi connectivity index (χ0) is 21.5. The van der Waals surface area contributed by atoms with Gasteiger partial charge in [0.05, 0.1) is 39.8 Å². The molecule has 0 unspecified atom stereocenters. The normalized spacial score (nSPS) is 11.4. The summed E-state index contributed by atoms with van der Waals surface area (Å²) in [5, 5.41) is 8.90. The minimum absolute atomic E-state index is 0.180. The van der Waals surface area contributed by atoms with Crippen molar-refractivity contribution in [2.45, 2.75) is 20.0 Å². The molecule has 10 heteroatoms. The van der Waals surface area contributed by atoms with Crippen LogP contribution in [0, 0.1) is 0 Å². The number of hydrogen-bond donors (Lipinski definition) is 1. The number of thiophene rings is 2. The molecule has 0 spiro atoms. The molecule has 0 aliphatic rings. The minimum Gasteiger partial charge on any atom is -0.334 e. The number of fused-ring (bicyclic) bond motifs is 2. The lowest BCUT2D eigenvalue weighted by Crippen LogP contribution is -2.28. The van der Waals surface area contributed by atoms with Crippen LogP contribution in [0.5, 0.6) is 0 Å². The third kappa shape index (κ3) is 3.43. The highest BCUT2D eigenvalue weighted by atomic mass is 32.1. The highest BCUT2D eigenvalue weighted by Crippen LogP contribution is 2.28. The van der Waals surface area contributed by atoms with Gasteiger partial charge < -0.3 is 9.88 Å². The fourth-order valence-electron chi connectivity index (χ4n) is 3.51. The van der Waals surface area contributed by atoms with E-state index < -0.39 is 0 Å². The van der Waals surface area contributed by atoms with Crippen molar-refractivity contribution in [1.82, 2.24) is 29.6 Å². The second-order valence-corrected chi connectivity index (χ2v) is 8.90. The predicted octanol–water partition coefficient (Wildman–Crippen LogP) is 3.75. The molecule has 0 saturated heterocycles. The van der Waals surface area contributed by atoms with E-state index in [1.165, 1.54) is 11.3 Å². The molecule has 0 aromatic carbocycles. The monoisotopic (exact) mass is 450 g/mol. The van der Waals surface area contributed by atoms with Crippen LogP contribution in [0.3, 0.4) is 0 Å². The smallest absolute Gasteiger partial charge is 0.268 e. The van der Waals surface area contributed by atoms with Crippen LogP contribution >= 0.6 is 22.7 Å². The average molecular weight is 451 g/mol. The highest BCUT2D eigenvalue weighted by Gasteiger charge is 2.21. The number of rotatable bonds is 5. The lowest BCUT2D eigenvalue weighted by Gasteiger charge is -2.17. The van der Waals surface area contributed by atoms with Gasteiger partial charge in [0, 0.05) is 13.6 Å². The van der Waals surface area contributed by atoms with E-state index in [1.807, 2.05) is 35.9 Å². The van der Waals surface area contributed by atoms with Gasteiger partial charge in [0.15, 0.2) is 5.65 Å². The molecule has 0 radical (unpaired) electrons. The summed E-state index contributed by atoms with van der Waals surface area (Å²) in [6.45, 7) is 2.82. The van der Waals surface area contributed by atoms with E-state index in [0.29, 0.717) is 39.2 Å². The van der Waals surface area contributed by atoms with Gasteiger partial charge in [-0.3, -0.25) is 9.59 Å². The maximum Gasteiger partial charge on any atom is 0.268 e. The maximum absolute atomic E-state index is 13.4. The molecule has 5 aromatic heterocycles. The van der Waals surface area contributed by atoms with Crippen molar-refractivity contribution in [3.05, 3.63) is 63.0 Å². The number of aromatic amines is 1. The molecule has 1 N–H and O–H groups in total. The van der Waals surface area contributed by atoms with Crippen molar-refractivity contribution in [1.29, 1.82) is 0 Å². The molecule has 0 saturated carbocycles. The molecule has 1 amide bonds. The van der Waals surface area contributed by atoms with Crippen molar-refractivity contribution in [2.24, 2.45) is 0 Å². The van der Waals surface area contributed by atoms with Crippen molar-refractivity contribution in [2.75, 3.05) is 7.05 Å². The third-order valence-corrected chi connectivity index (χ3v) is 6.81. The zero-order valence-electron chi connectivity index (χ0n) is 16.8. The second-order valence-electron chi connectivity index (χ2n) is 7.04. The number of carbonyl (C=O) groups is 1. The van der Waals surface area contributed by atoms with Gasteiger partial charge in [-0.25, -0.2) is 14.6 Å². The summed E-state index contributed by atoms with van der Waals surface area (Å²) in [6, 6.07) is 7.56. The molecule has 31 heavy (non-hydrogen) atoms. The van der Waals surface area contributed by atoms with E-state index in [9.17, 15) is 9.59 Å². The van der Waals surface area contributed by atoms with E-state index in [1.54, 1.807) is 40.2 Å². The molecule has 8 nitrogen and oxygen atoms in total. The molecule has 0 aliphatic carbocycles. The van der Waals surface area contributed by atoms with Gasteiger partial charge in [-0.15, -0.1) is 22.7 Å². The fourth-order valence-corrected chi connectivity index (χ4v) is 4.92. The SMILES string of the molecule is CCn1ncc2c(C(=O)N(C)Cc3nc4ccsc4c(=O)[nH]3)cc(-c3cccs3)nc21. The quantitative estimate of drug-likeness (QED) is 0.440. The van der Waals surface area contributed by atoms with Gasteiger partial charge in [-0.1, -0.05) is 6.07 Å². The molecule has 0 atom stereocenters. The third-order valence-electron chi connectivity index (χ3n) is 5.01. The number of aryl methyl sites for hydroxylation is 1. The number of amides is 1. The number of pyridine rings is 1. The van der Waals surface area contributed by atoms with Crippen molar-refractivity contribution < 1.29 is 4.79 Å². The maximum atomic E-state index is 13.4. The Labute approximate surface area is 184 Å². The number of carbonyl (C=O) groups excluding carboxylic acids is 1. The van der Waals surface area contributed by atoms with E-state index in [-0.39, 0.29) is 18.0 Å². The summed E-state index contributed by atoms with van der Waals surface area (Å²) in [4.78, 5) is 40.2. The number of hydrogen-bond acceptors (Lipinski definition) is 7. The lowest BCUT2D eigenvalue weighted by molar-refractivity contribution is 0.0783. The van der Waals surface area contributed by atoms with Crippen molar-refractivity contribution >= 4 is 49.8 Å². The molecular weight excluding hydrogens is 432 g/mol. The molecule has 156 valence electrons. The van der Waals surface area contributed by atoms with E-state index in [4.69, 9.17) is 4.98 Å². The number of aromatic nitrogens is 5. The second kappa shape index (κ2) is 7.71. The van der Waals surface area contributed by atoms with Gasteiger partial charge in [0.1, 0.15) is 10.5 Å². The highest BCUT2D eigenvalue weighted by molar-refractivity contribution is 7.17. The zero-order valence-corrected chi connectivity index (χ0v) is 18.5. The topological polar surface area (TPSA) is 96.8 Å². The summed E-state index contributed by atoms with van der Waals surface area (Å²) in [6.07, 6.45) is 1.68. The molecule has 5 aromatic rings. The van der Waals surface area contributed by atoms with Crippen LogP contribution in [0.1, 0.15) is 23.1 Å². The Kier molecular flexibility index (Phi) is 4.87. The number of nitrogens with one attached hydrogen (secondary N) is 1. The Morgan fingerprint density at radius 1 is 1.23 bits per heavy atom. The summed E-state index contributed by atoms with van der Waals surface area (Å²) < 4.78 is 2.37. The Balaban J connectivity index is 1.54. The first-order valence-corrected chi connectivity index (χ1v) is 11.4. The average Bonchev–Trinajstić information content (AvgIpc) is 3.52. The van der Waals surface area contributed by atoms with Gasteiger partial charge in [-0.05, 0) is 35.9 Å². The number of nitrogens with zero attached hydrogens (tertiary/aromatic N) is 5. The number of H-pyrrole nitrogens is 1. The summed E-state index contributed by atoms with van der Waals surface area (Å²) in [5.41, 5.74) is 2.39. The van der Waals surface area contributed by atoms with Crippen LogP contribution in [0.15, 0.2) is 46.0 Å². The Hall–Kier alpha value is -3.37. The van der Waals surface area contributed by atoms with Crippen molar-refractivity contribution in [3.63, 3.8) is 0 Å². The van der Waals surface area contributed by atoms with Crippen LogP contribution < -0.4 is 5.56 Å². The fraction of sp³-hybridized carbons (Fsp3) is 0.190. The van der Waals surface area contributed by atoms with Crippen LogP contribution in [-0.4, -0.2) is 42.6 Å². The molecular formula is C21H18N6O2S2. The first-order chi connectivity index (χ1) is 15.0. The Bertz CT molecular complexity index is 1460. The molecule has 0 bridgehead atoms. The lowest BCUT2D eigenvalue weighted by atomic mass is 10.1. The van der Waals surface area contributed by atoms with Gasteiger partial charge in [0.2, 0.25) is 0 Å². The Morgan fingerprint density at radius 2 is 2.10 bits per heavy atom. The minimum atomic E-state index is -0.189. The first kappa shape index (κ1) is 19.6. The Morgan fingerprint density at radius 3 is 2.87 bits per heavy atom. The van der Waals surface area contributed by atoms with E-state index in [0.717, 1.165) is 10.6 Å². The van der Waals surface area contributed by atoms with Crippen LogP contribution in [0.4, 0.5) is 0 Å². The van der Waals surface area contributed by atoms with Crippen LogP contribution in [0.2, 0.25) is 0 Å². The standard InChI is InChI=1S/C21H18N6O2S2/c1-3-27-19-13(10-22-27)12(9-15(24-19)16-5-4-7-30-16)21(29)26(2)11-17-23-14-6-8-31-18(14)20(28)25-17/h4-10H,3,11H2,1-2H3,(H,23,25,28). The first-order valence-electron chi connectivity index (χ1n) is 9.67. The molecule has 5 heterocycles. The van der Waals surface area contributed by atoms with Crippen molar-refractivity contribution in [3.8, 4) is 10.6 Å². The van der Waals surface area contributed by atoms with E-state index in [2.05, 4.69) is 15.1 Å². The largest absolute Gasteiger partial charge is 0.334 e. The summed E-state index contributed by atoms with van der Waals surface area (Å²) in [7, 11) is 1.70. The predicted molar refractivity (Wildman–Crippen MR) is 123 cm³/mol. The van der Waals surface area contributed by atoms with E-state index >= 15 is 0 Å². The summed E-state index contributed by atoms with van der Waals surface area (Å²) >= 11 is 2.92. The van der Waals surface area contributed by atoms with Crippen LogP contribution in [0.25, 0.3) is 31.8 Å².